The highest BCUT2D eigenvalue weighted by Crippen LogP contribution is 2.36. The van der Waals surface area contributed by atoms with E-state index in [-0.39, 0.29) is 6.42 Å². The number of hydrogen-bond acceptors (Lipinski definition) is 6. The Hall–Kier alpha value is -5.21. The van der Waals surface area contributed by atoms with E-state index in [0.29, 0.717) is 22.8 Å². The Kier molecular flexibility index (Phi) is 10.9. The van der Waals surface area contributed by atoms with Crippen molar-refractivity contribution in [2.24, 2.45) is 5.11 Å². The molecule has 4 aromatic rings. The predicted octanol–water partition coefficient (Wildman–Crippen LogP) is 7.83. The van der Waals surface area contributed by atoms with Crippen molar-refractivity contribution in [2.75, 3.05) is 7.11 Å². The highest BCUT2D eigenvalue weighted by atomic mass is 19.4. The summed E-state index contributed by atoms with van der Waals surface area (Å²) in [4.78, 5) is 33.4. The lowest BCUT2D eigenvalue weighted by Gasteiger charge is -2.25. The fraction of sp³-hybridized carbons (Fsp3) is 0.344. The van der Waals surface area contributed by atoms with Gasteiger partial charge in [0.25, 0.3) is 5.91 Å². The highest BCUT2D eigenvalue weighted by Gasteiger charge is 2.26. The summed E-state index contributed by atoms with van der Waals surface area (Å²) in [5.74, 6) is 2.64. The van der Waals surface area contributed by atoms with Gasteiger partial charge in [0.15, 0.2) is 0 Å². The molecule has 1 fully saturated rings. The number of alkyl halides is 3. The number of furan rings is 1. The Balaban J connectivity index is 0.000000591. The molecule has 5 rings (SSSR count). The smallest absolute Gasteiger partial charge is 0.457 e. The van der Waals surface area contributed by atoms with E-state index >= 15 is 0 Å². The molecule has 0 radical (unpaired) electrons. The van der Waals surface area contributed by atoms with E-state index in [9.17, 15) is 22.8 Å². The van der Waals surface area contributed by atoms with Crippen LogP contribution < -0.4 is 5.32 Å². The molecule has 0 unspecified atom stereocenters. The van der Waals surface area contributed by atoms with Crippen molar-refractivity contribution in [3.63, 3.8) is 0 Å². The molecule has 13 heteroatoms. The van der Waals surface area contributed by atoms with Crippen molar-refractivity contribution in [1.82, 2.24) is 14.9 Å². The summed E-state index contributed by atoms with van der Waals surface area (Å²) in [6.07, 6.45) is 5.01. The van der Waals surface area contributed by atoms with Crippen molar-refractivity contribution in [3.05, 3.63) is 82.6 Å². The molecule has 2 heterocycles. The Morgan fingerprint density at radius 3 is 2.49 bits per heavy atom. The lowest BCUT2D eigenvalue weighted by atomic mass is 9.95. The van der Waals surface area contributed by atoms with Gasteiger partial charge in [-0.3, -0.25) is 4.79 Å². The summed E-state index contributed by atoms with van der Waals surface area (Å²) in [6, 6.07) is 13.6. The van der Waals surface area contributed by atoms with Crippen molar-refractivity contribution in [1.29, 1.82) is 0 Å². The first kappa shape index (κ1) is 32.7. The maximum Gasteiger partial charge on any atom is 0.457 e. The van der Waals surface area contributed by atoms with Crippen LogP contribution in [0.3, 0.4) is 0 Å². The van der Waals surface area contributed by atoms with E-state index in [1.807, 2.05) is 12.1 Å². The third-order valence-electron chi connectivity index (χ3n) is 7.27. The molecule has 0 aliphatic heterocycles. The highest BCUT2D eigenvalue weighted by molar-refractivity contribution is 5.99. The second-order valence-corrected chi connectivity index (χ2v) is 10.3. The molecule has 234 valence electrons. The molecule has 0 saturated heterocycles. The van der Waals surface area contributed by atoms with Crippen LogP contribution in [0.15, 0.2) is 70.6 Å². The molecule has 1 N–H and O–H groups in total. The summed E-state index contributed by atoms with van der Waals surface area (Å²) < 4.78 is 45.2. The predicted molar refractivity (Wildman–Crippen MR) is 161 cm³/mol. The van der Waals surface area contributed by atoms with Gasteiger partial charge in [-0.1, -0.05) is 54.6 Å². The number of halogens is 3. The number of aromatic nitrogens is 2. The third kappa shape index (κ3) is 8.68. The average Bonchev–Trinajstić information content (AvgIpc) is 3.69. The van der Waals surface area contributed by atoms with E-state index < -0.39 is 24.1 Å². The van der Waals surface area contributed by atoms with Crippen LogP contribution in [-0.4, -0.2) is 40.8 Å². The summed E-state index contributed by atoms with van der Waals surface area (Å²) in [6.45, 7) is 1.15. The van der Waals surface area contributed by atoms with Crippen molar-refractivity contribution < 1.29 is 31.9 Å². The molecule has 0 bridgehead atoms. The molecule has 1 saturated carbocycles. The summed E-state index contributed by atoms with van der Waals surface area (Å²) in [5, 5.41) is 6.36. The zero-order valence-corrected chi connectivity index (χ0v) is 24.7. The number of ether oxygens (including phenoxy) is 1. The standard InChI is InChI=1S/C28H28N6O4.C4H3F3/c1-37-28(36)24(15-18-7-10-21(11-8-18)32-33-29)31-27(35)19-9-12-25-23(16-19)30-26(20-13-14-38-17-20)34(25)22-5-3-2-4-6-22;1-2-3-4(5,6)7/h7-14,16-17,22,24H,2-6,15H2,1H3,(H,31,35);1H3/t24-;/m0./s1. The number of carbonyl (C=O) groups excluding carboxylic acids is 2. The number of rotatable bonds is 8. The fourth-order valence-corrected chi connectivity index (χ4v) is 5.25. The Labute approximate surface area is 257 Å². The number of fused-ring (bicyclic) bond motifs is 1. The third-order valence-corrected chi connectivity index (χ3v) is 7.27. The van der Waals surface area contributed by atoms with Gasteiger partial charge in [0, 0.05) is 34.5 Å². The zero-order valence-electron chi connectivity index (χ0n) is 24.7. The van der Waals surface area contributed by atoms with Crippen LogP contribution in [0.1, 0.15) is 61.0 Å². The van der Waals surface area contributed by atoms with Crippen molar-refractivity contribution >= 4 is 28.6 Å². The normalized spacial score (nSPS) is 13.8. The molecule has 1 aliphatic carbocycles. The molecular weight excluding hydrogens is 589 g/mol. The minimum absolute atomic E-state index is 0.220. The van der Waals surface area contributed by atoms with Crippen LogP contribution in [0.25, 0.3) is 32.9 Å². The molecule has 0 spiro atoms. The average molecular weight is 621 g/mol. The van der Waals surface area contributed by atoms with Gasteiger partial charge in [-0.15, -0.1) is 0 Å². The van der Waals surface area contributed by atoms with Gasteiger partial charge in [-0.2, -0.15) is 13.2 Å². The van der Waals surface area contributed by atoms with Crippen LogP contribution in [-0.2, 0) is 16.0 Å². The number of esters is 1. The van der Waals surface area contributed by atoms with E-state index in [4.69, 9.17) is 19.7 Å². The van der Waals surface area contributed by atoms with E-state index in [1.165, 1.54) is 26.4 Å². The first-order valence-corrected chi connectivity index (χ1v) is 14.2. The first-order chi connectivity index (χ1) is 21.6. The number of azide groups is 1. The Morgan fingerprint density at radius 2 is 1.91 bits per heavy atom. The number of imidazole rings is 1. The van der Waals surface area contributed by atoms with Gasteiger partial charge >= 0.3 is 12.1 Å². The lowest BCUT2D eigenvalue weighted by molar-refractivity contribution is -0.142. The van der Waals surface area contributed by atoms with Gasteiger partial charge < -0.3 is 19.0 Å². The summed E-state index contributed by atoms with van der Waals surface area (Å²) in [7, 11) is 1.29. The fourth-order valence-electron chi connectivity index (χ4n) is 5.25. The number of carbonyl (C=O) groups is 2. The Morgan fingerprint density at radius 1 is 1.18 bits per heavy atom. The van der Waals surface area contributed by atoms with Gasteiger partial charge in [-0.05, 0) is 55.1 Å². The second-order valence-electron chi connectivity index (χ2n) is 10.3. The number of benzene rings is 2. The zero-order chi connectivity index (χ0) is 32.4. The molecule has 45 heavy (non-hydrogen) atoms. The van der Waals surface area contributed by atoms with Gasteiger partial charge in [0.1, 0.15) is 18.1 Å². The van der Waals surface area contributed by atoms with Crippen LogP contribution in [0.2, 0.25) is 0 Å². The van der Waals surface area contributed by atoms with E-state index in [2.05, 4.69) is 19.9 Å². The molecule has 2 aromatic carbocycles. The van der Waals surface area contributed by atoms with E-state index in [0.717, 1.165) is 48.2 Å². The van der Waals surface area contributed by atoms with Crippen LogP contribution >= 0.6 is 0 Å². The number of methoxy groups -OCH3 is 1. The largest absolute Gasteiger partial charge is 0.472 e. The molecular formula is C32H31F3N6O4. The number of amides is 1. The van der Waals surface area contributed by atoms with Crippen molar-refractivity contribution in [3.8, 4) is 23.2 Å². The Bertz CT molecular complexity index is 1720. The molecule has 10 nitrogen and oxygen atoms in total. The molecule has 1 atom stereocenters. The van der Waals surface area contributed by atoms with Crippen LogP contribution in [0, 0.1) is 11.8 Å². The monoisotopic (exact) mass is 620 g/mol. The number of hydrogen-bond donors (Lipinski definition) is 1. The summed E-state index contributed by atoms with van der Waals surface area (Å²) in [5.41, 5.74) is 12.8. The summed E-state index contributed by atoms with van der Waals surface area (Å²) >= 11 is 0. The van der Waals surface area contributed by atoms with Gasteiger partial charge in [0.2, 0.25) is 0 Å². The minimum Gasteiger partial charge on any atom is -0.472 e. The molecule has 2 aromatic heterocycles. The molecule has 1 amide bonds. The minimum atomic E-state index is -4.31. The lowest BCUT2D eigenvalue weighted by Crippen LogP contribution is -2.43. The SMILES string of the molecule is CC#CC(F)(F)F.COC(=O)[C@H](Cc1ccc(N=[N+]=[N-])cc1)NC(=O)c1ccc2c(c1)nc(-c1ccoc1)n2C1CCCCC1. The van der Waals surface area contributed by atoms with Gasteiger partial charge in [0.05, 0.1) is 30.0 Å². The maximum atomic E-state index is 13.2. The second kappa shape index (κ2) is 15.0. The van der Waals surface area contributed by atoms with Crippen molar-refractivity contribution in [2.45, 2.75) is 63.7 Å². The van der Waals surface area contributed by atoms with E-state index in [1.54, 1.807) is 54.8 Å². The first-order valence-electron chi connectivity index (χ1n) is 14.2. The number of nitrogens with one attached hydrogen (secondary N) is 1. The topological polar surface area (TPSA) is 135 Å². The number of nitrogens with zero attached hydrogens (tertiary/aromatic N) is 5. The quantitative estimate of drug-likeness (QED) is 0.0704. The maximum absolute atomic E-state index is 13.2. The van der Waals surface area contributed by atoms with Gasteiger partial charge in [-0.25, -0.2) is 9.78 Å². The van der Waals surface area contributed by atoms with Crippen LogP contribution in [0.5, 0.6) is 0 Å². The molecule has 1 aliphatic rings. The van der Waals surface area contributed by atoms with Crippen LogP contribution in [0.4, 0.5) is 18.9 Å².